The molecule has 0 bridgehead atoms. The minimum Gasteiger partial charge on any atom is -0.330 e. The van der Waals surface area contributed by atoms with E-state index in [-0.39, 0.29) is 0 Å². The van der Waals surface area contributed by atoms with E-state index in [1.807, 2.05) is 0 Å². The number of rotatable bonds is 6. The van der Waals surface area contributed by atoms with Gasteiger partial charge in [-0.05, 0) is 56.1 Å². The van der Waals surface area contributed by atoms with Gasteiger partial charge in [0, 0.05) is 11.0 Å². The van der Waals surface area contributed by atoms with Gasteiger partial charge in [0.15, 0.2) is 0 Å². The second-order valence-electron chi connectivity index (χ2n) is 3.74. The third-order valence-electron chi connectivity index (χ3n) is 2.43. The summed E-state index contributed by atoms with van der Waals surface area (Å²) >= 11 is 3.49. The largest absolute Gasteiger partial charge is 0.330 e. The average molecular weight is 271 g/mol. The Morgan fingerprint density at radius 2 is 2.13 bits per heavy atom. The summed E-state index contributed by atoms with van der Waals surface area (Å²) in [5, 5.41) is 3.43. The average Bonchev–Trinajstić information content (AvgIpc) is 2.23. The van der Waals surface area contributed by atoms with Gasteiger partial charge in [-0.1, -0.05) is 22.0 Å². The van der Waals surface area contributed by atoms with E-state index in [0.29, 0.717) is 0 Å². The van der Waals surface area contributed by atoms with Gasteiger partial charge in [-0.2, -0.15) is 0 Å². The molecule has 0 aliphatic rings. The molecule has 84 valence electrons. The lowest BCUT2D eigenvalue weighted by Gasteiger charge is -2.08. The first-order valence-electron chi connectivity index (χ1n) is 5.40. The van der Waals surface area contributed by atoms with Crippen LogP contribution in [0.3, 0.4) is 0 Å². The molecule has 0 atom stereocenters. The maximum atomic E-state index is 5.43. The minimum atomic E-state index is 0.789. The van der Waals surface area contributed by atoms with Crippen molar-refractivity contribution in [3.8, 4) is 0 Å². The summed E-state index contributed by atoms with van der Waals surface area (Å²) in [6, 6.07) is 6.39. The summed E-state index contributed by atoms with van der Waals surface area (Å²) < 4.78 is 1.15. The zero-order valence-corrected chi connectivity index (χ0v) is 10.8. The maximum absolute atomic E-state index is 5.43. The molecular weight excluding hydrogens is 252 g/mol. The van der Waals surface area contributed by atoms with E-state index in [9.17, 15) is 0 Å². The van der Waals surface area contributed by atoms with Gasteiger partial charge in [0.05, 0.1) is 0 Å². The first-order chi connectivity index (χ1) is 7.24. The monoisotopic (exact) mass is 270 g/mol. The van der Waals surface area contributed by atoms with E-state index in [1.54, 1.807) is 0 Å². The van der Waals surface area contributed by atoms with Crippen LogP contribution >= 0.6 is 15.9 Å². The quantitative estimate of drug-likeness (QED) is 0.780. The first kappa shape index (κ1) is 12.7. The molecular formula is C12H19BrN2. The second-order valence-corrected chi connectivity index (χ2v) is 4.66. The number of aryl methyl sites for hydroxylation is 1. The number of hydrogen-bond donors (Lipinski definition) is 2. The standard InChI is InChI=1S/C12H19BrN2/c1-10-4-5-12(13)8-11(10)9-15-7-3-2-6-14/h4-5,8,15H,2-3,6-7,9,14H2,1H3. The predicted molar refractivity (Wildman–Crippen MR) is 68.9 cm³/mol. The molecule has 0 saturated heterocycles. The highest BCUT2D eigenvalue weighted by molar-refractivity contribution is 9.10. The Labute approximate surface area is 100 Å². The molecule has 3 N–H and O–H groups in total. The van der Waals surface area contributed by atoms with Crippen molar-refractivity contribution in [2.45, 2.75) is 26.3 Å². The van der Waals surface area contributed by atoms with Gasteiger partial charge in [0.2, 0.25) is 0 Å². The fourth-order valence-electron chi connectivity index (χ4n) is 1.45. The van der Waals surface area contributed by atoms with Gasteiger partial charge in [0.25, 0.3) is 0 Å². The molecule has 0 unspecified atom stereocenters. The molecule has 0 aromatic heterocycles. The summed E-state index contributed by atoms with van der Waals surface area (Å²) in [6.07, 6.45) is 2.26. The normalized spacial score (nSPS) is 10.6. The van der Waals surface area contributed by atoms with Crippen LogP contribution in [0.5, 0.6) is 0 Å². The SMILES string of the molecule is Cc1ccc(Br)cc1CNCCCCN. The van der Waals surface area contributed by atoms with Crippen LogP contribution in [0, 0.1) is 6.92 Å². The molecule has 1 aromatic carbocycles. The fraction of sp³-hybridized carbons (Fsp3) is 0.500. The van der Waals surface area contributed by atoms with Crippen molar-refractivity contribution in [2.75, 3.05) is 13.1 Å². The van der Waals surface area contributed by atoms with Crippen molar-refractivity contribution >= 4 is 15.9 Å². The van der Waals surface area contributed by atoms with Crippen molar-refractivity contribution in [3.63, 3.8) is 0 Å². The number of unbranched alkanes of at least 4 members (excludes halogenated alkanes) is 1. The highest BCUT2D eigenvalue weighted by Crippen LogP contribution is 2.15. The zero-order chi connectivity index (χ0) is 11.1. The lowest BCUT2D eigenvalue weighted by atomic mass is 10.1. The van der Waals surface area contributed by atoms with Crippen LogP contribution in [0.2, 0.25) is 0 Å². The predicted octanol–water partition coefficient (Wildman–Crippen LogP) is 2.59. The van der Waals surface area contributed by atoms with Crippen molar-refractivity contribution in [3.05, 3.63) is 33.8 Å². The number of hydrogen-bond acceptors (Lipinski definition) is 2. The minimum absolute atomic E-state index is 0.789. The van der Waals surface area contributed by atoms with E-state index in [4.69, 9.17) is 5.73 Å². The van der Waals surface area contributed by atoms with E-state index >= 15 is 0 Å². The summed E-state index contributed by atoms with van der Waals surface area (Å²) in [4.78, 5) is 0. The van der Waals surface area contributed by atoms with Gasteiger partial charge in [0.1, 0.15) is 0 Å². The molecule has 15 heavy (non-hydrogen) atoms. The van der Waals surface area contributed by atoms with Gasteiger partial charge >= 0.3 is 0 Å². The molecule has 1 rings (SSSR count). The van der Waals surface area contributed by atoms with Crippen LogP contribution in [-0.4, -0.2) is 13.1 Å². The van der Waals surface area contributed by atoms with E-state index < -0.39 is 0 Å². The molecule has 0 fully saturated rings. The third-order valence-corrected chi connectivity index (χ3v) is 2.93. The second kappa shape index (κ2) is 6.99. The Kier molecular flexibility index (Phi) is 5.91. The zero-order valence-electron chi connectivity index (χ0n) is 9.22. The Morgan fingerprint density at radius 1 is 1.33 bits per heavy atom. The van der Waals surface area contributed by atoms with Crippen molar-refractivity contribution < 1.29 is 0 Å². The Hall–Kier alpha value is -0.380. The molecule has 0 amide bonds. The maximum Gasteiger partial charge on any atom is 0.0208 e. The summed E-state index contributed by atoms with van der Waals surface area (Å²) in [7, 11) is 0. The first-order valence-corrected chi connectivity index (χ1v) is 6.19. The summed E-state index contributed by atoms with van der Waals surface area (Å²) in [6.45, 7) is 4.92. The van der Waals surface area contributed by atoms with Crippen LogP contribution < -0.4 is 11.1 Å². The Balaban J connectivity index is 2.33. The lowest BCUT2D eigenvalue weighted by molar-refractivity contribution is 0.626. The molecule has 0 spiro atoms. The number of nitrogens with two attached hydrogens (primary N) is 1. The molecule has 1 aromatic rings. The lowest BCUT2D eigenvalue weighted by Crippen LogP contribution is -2.16. The smallest absolute Gasteiger partial charge is 0.0208 e. The van der Waals surface area contributed by atoms with Gasteiger partial charge in [-0.3, -0.25) is 0 Å². The summed E-state index contributed by atoms with van der Waals surface area (Å²) in [5.41, 5.74) is 8.13. The number of benzene rings is 1. The van der Waals surface area contributed by atoms with Crippen LogP contribution in [0.15, 0.2) is 22.7 Å². The van der Waals surface area contributed by atoms with Crippen molar-refractivity contribution in [1.29, 1.82) is 0 Å². The Bertz CT molecular complexity index is 300. The third kappa shape index (κ3) is 4.78. The molecule has 0 radical (unpaired) electrons. The van der Waals surface area contributed by atoms with Gasteiger partial charge < -0.3 is 11.1 Å². The highest BCUT2D eigenvalue weighted by atomic mass is 79.9. The van der Waals surface area contributed by atoms with Crippen LogP contribution in [0.4, 0.5) is 0 Å². The van der Waals surface area contributed by atoms with Crippen LogP contribution in [0.25, 0.3) is 0 Å². The molecule has 0 heterocycles. The van der Waals surface area contributed by atoms with E-state index in [1.165, 1.54) is 11.1 Å². The van der Waals surface area contributed by atoms with Crippen molar-refractivity contribution in [1.82, 2.24) is 5.32 Å². The molecule has 0 saturated carbocycles. The number of nitrogens with one attached hydrogen (secondary N) is 1. The van der Waals surface area contributed by atoms with Crippen LogP contribution in [-0.2, 0) is 6.54 Å². The summed E-state index contributed by atoms with van der Waals surface area (Å²) in [5.74, 6) is 0. The fourth-order valence-corrected chi connectivity index (χ4v) is 1.86. The molecule has 0 aliphatic carbocycles. The number of halogens is 1. The molecule has 3 heteroatoms. The van der Waals surface area contributed by atoms with Crippen molar-refractivity contribution in [2.24, 2.45) is 5.73 Å². The Morgan fingerprint density at radius 3 is 2.87 bits per heavy atom. The topological polar surface area (TPSA) is 38.0 Å². The van der Waals surface area contributed by atoms with Gasteiger partial charge in [-0.15, -0.1) is 0 Å². The van der Waals surface area contributed by atoms with E-state index in [2.05, 4.69) is 46.4 Å². The molecule has 0 aliphatic heterocycles. The van der Waals surface area contributed by atoms with Crippen LogP contribution in [0.1, 0.15) is 24.0 Å². The highest BCUT2D eigenvalue weighted by Gasteiger charge is 1.98. The molecule has 2 nitrogen and oxygen atoms in total. The van der Waals surface area contributed by atoms with Gasteiger partial charge in [-0.25, -0.2) is 0 Å². The van der Waals surface area contributed by atoms with E-state index in [0.717, 1.165) is 36.9 Å².